The molecule has 0 fully saturated rings. The third-order valence-electron chi connectivity index (χ3n) is 2.97. The van der Waals surface area contributed by atoms with Crippen molar-refractivity contribution in [3.05, 3.63) is 33.6 Å². The normalized spacial score (nSPS) is 12.4. The maximum atomic E-state index is 13.4. The number of sulfonamides is 1. The van der Waals surface area contributed by atoms with Gasteiger partial charge in [0.15, 0.2) is 0 Å². The van der Waals surface area contributed by atoms with Gasteiger partial charge in [0.1, 0.15) is 0 Å². The number of thioether (sulfide) groups is 1. The molecule has 0 aliphatic rings. The fourth-order valence-corrected chi connectivity index (χ4v) is 3.25. The van der Waals surface area contributed by atoms with Crippen LogP contribution in [-0.4, -0.2) is 30.9 Å². The average molecular weight is 336 g/mol. The Kier molecular flexibility index (Phi) is 5.35. The lowest BCUT2D eigenvalue weighted by atomic mass is 10.2. The molecule has 0 aliphatic carbocycles. The van der Waals surface area contributed by atoms with E-state index in [1.54, 1.807) is 0 Å². The first-order valence-corrected chi connectivity index (χ1v) is 8.70. The van der Waals surface area contributed by atoms with Crippen molar-refractivity contribution in [3.8, 4) is 0 Å². The molecule has 0 aliphatic heterocycles. The van der Waals surface area contributed by atoms with Gasteiger partial charge in [-0.25, -0.2) is 13.1 Å². The molecule has 0 unspecified atom stereocenters. The predicted octanol–water partition coefficient (Wildman–Crippen LogP) is 2.46. The van der Waals surface area contributed by atoms with Gasteiger partial charge in [-0.2, -0.15) is 16.2 Å². The topological polar surface area (TPSA) is 89.3 Å². The van der Waals surface area contributed by atoms with Crippen LogP contribution in [-0.2, 0) is 10.0 Å². The standard InChI is InChI=1S/C12H17FN2O4S2/c1-8-5-9(13)10(15(16)17)6-11(8)21(18,19)14-7-12(2,3)20-4/h5-6,14H,7H2,1-4H3. The Morgan fingerprint density at radius 2 is 2.00 bits per heavy atom. The fourth-order valence-electron chi connectivity index (χ4n) is 1.49. The SMILES string of the molecule is CSC(C)(C)CNS(=O)(=O)c1cc([N+](=O)[O-])c(F)cc1C. The lowest BCUT2D eigenvalue weighted by Gasteiger charge is -2.22. The first kappa shape index (κ1) is 17.9. The molecule has 118 valence electrons. The summed E-state index contributed by atoms with van der Waals surface area (Å²) >= 11 is 1.48. The summed E-state index contributed by atoms with van der Waals surface area (Å²) in [5, 5.41) is 10.7. The van der Waals surface area contributed by atoms with E-state index in [0.717, 1.165) is 12.1 Å². The molecule has 0 radical (unpaired) electrons. The van der Waals surface area contributed by atoms with Crippen LogP contribution < -0.4 is 4.72 Å². The van der Waals surface area contributed by atoms with Crippen molar-refractivity contribution < 1.29 is 17.7 Å². The van der Waals surface area contributed by atoms with E-state index in [4.69, 9.17) is 0 Å². The maximum Gasteiger partial charge on any atom is 0.306 e. The highest BCUT2D eigenvalue weighted by Crippen LogP contribution is 2.26. The number of nitrogens with zero attached hydrogens (tertiary/aromatic N) is 1. The van der Waals surface area contributed by atoms with Crippen LogP contribution in [0.1, 0.15) is 19.4 Å². The van der Waals surface area contributed by atoms with Crippen molar-refractivity contribution in [2.24, 2.45) is 0 Å². The number of hydrogen-bond acceptors (Lipinski definition) is 5. The van der Waals surface area contributed by atoms with Crippen molar-refractivity contribution >= 4 is 27.5 Å². The molecular weight excluding hydrogens is 319 g/mol. The molecule has 21 heavy (non-hydrogen) atoms. The highest BCUT2D eigenvalue weighted by molar-refractivity contribution is 8.00. The Balaban J connectivity index is 3.20. The third kappa shape index (κ3) is 4.39. The van der Waals surface area contributed by atoms with Crippen LogP contribution in [0, 0.1) is 22.9 Å². The van der Waals surface area contributed by atoms with Crippen molar-refractivity contribution in [2.75, 3.05) is 12.8 Å². The Morgan fingerprint density at radius 1 is 1.43 bits per heavy atom. The van der Waals surface area contributed by atoms with Crippen LogP contribution >= 0.6 is 11.8 Å². The van der Waals surface area contributed by atoms with Crippen molar-refractivity contribution in [1.82, 2.24) is 4.72 Å². The molecule has 9 heteroatoms. The second-order valence-corrected chi connectivity index (χ2v) is 8.36. The number of nitrogens with one attached hydrogen (secondary N) is 1. The molecule has 0 bridgehead atoms. The molecule has 1 aromatic carbocycles. The Morgan fingerprint density at radius 3 is 2.48 bits per heavy atom. The van der Waals surface area contributed by atoms with Crippen LogP contribution in [0.25, 0.3) is 0 Å². The van der Waals surface area contributed by atoms with E-state index in [9.17, 15) is 22.9 Å². The van der Waals surface area contributed by atoms with Gasteiger partial charge in [-0.15, -0.1) is 0 Å². The Labute approximate surface area is 127 Å². The van der Waals surface area contributed by atoms with Crippen LogP contribution in [0.2, 0.25) is 0 Å². The fraction of sp³-hybridized carbons (Fsp3) is 0.500. The van der Waals surface area contributed by atoms with Crippen LogP contribution in [0.15, 0.2) is 17.0 Å². The van der Waals surface area contributed by atoms with E-state index in [2.05, 4.69) is 4.72 Å². The summed E-state index contributed by atoms with van der Waals surface area (Å²) in [6.45, 7) is 5.27. The summed E-state index contributed by atoms with van der Waals surface area (Å²) < 4.78 is 40.0. The van der Waals surface area contributed by atoms with Gasteiger partial charge in [-0.3, -0.25) is 10.1 Å². The van der Waals surface area contributed by atoms with Crippen LogP contribution in [0.3, 0.4) is 0 Å². The summed E-state index contributed by atoms with van der Waals surface area (Å²) in [7, 11) is -3.94. The van der Waals surface area contributed by atoms with Gasteiger partial charge in [0.05, 0.1) is 9.82 Å². The van der Waals surface area contributed by atoms with Gasteiger partial charge in [0, 0.05) is 17.4 Å². The summed E-state index contributed by atoms with van der Waals surface area (Å²) in [5.41, 5.74) is -0.738. The van der Waals surface area contributed by atoms with Gasteiger partial charge in [-0.05, 0) is 38.7 Å². The summed E-state index contributed by atoms with van der Waals surface area (Å²) in [5.74, 6) is -1.05. The second-order valence-electron chi connectivity index (χ2n) is 5.11. The molecule has 6 nitrogen and oxygen atoms in total. The predicted molar refractivity (Wildman–Crippen MR) is 80.6 cm³/mol. The lowest BCUT2D eigenvalue weighted by Crippen LogP contribution is -2.36. The van der Waals surface area contributed by atoms with Crippen LogP contribution in [0.5, 0.6) is 0 Å². The number of hydrogen-bond donors (Lipinski definition) is 1. The van der Waals surface area contributed by atoms with Crippen molar-refractivity contribution in [1.29, 1.82) is 0 Å². The van der Waals surface area contributed by atoms with E-state index in [0.29, 0.717) is 0 Å². The smallest absolute Gasteiger partial charge is 0.258 e. The summed E-state index contributed by atoms with van der Waals surface area (Å²) in [4.78, 5) is 9.49. The number of benzene rings is 1. The van der Waals surface area contributed by atoms with Crippen molar-refractivity contribution in [2.45, 2.75) is 30.4 Å². The minimum atomic E-state index is -3.94. The quantitative estimate of drug-likeness (QED) is 0.637. The van der Waals surface area contributed by atoms with Gasteiger partial charge in [-0.1, -0.05) is 0 Å². The van der Waals surface area contributed by atoms with Gasteiger partial charge >= 0.3 is 5.69 Å². The molecule has 0 saturated heterocycles. The van der Waals surface area contributed by atoms with E-state index < -0.39 is 26.5 Å². The minimum Gasteiger partial charge on any atom is -0.258 e. The number of nitro groups is 1. The Bertz CT molecular complexity index is 659. The summed E-state index contributed by atoms with van der Waals surface area (Å²) in [6, 6.07) is 1.60. The zero-order chi connectivity index (χ0) is 16.4. The second kappa shape index (κ2) is 6.29. The first-order valence-electron chi connectivity index (χ1n) is 5.99. The zero-order valence-corrected chi connectivity index (χ0v) is 13.8. The number of rotatable bonds is 6. The molecule has 0 atom stereocenters. The number of aryl methyl sites for hydroxylation is 1. The van der Waals surface area contributed by atoms with E-state index >= 15 is 0 Å². The largest absolute Gasteiger partial charge is 0.306 e. The van der Waals surface area contributed by atoms with Crippen molar-refractivity contribution in [3.63, 3.8) is 0 Å². The zero-order valence-electron chi connectivity index (χ0n) is 12.1. The molecule has 0 aromatic heterocycles. The number of halogens is 1. The monoisotopic (exact) mass is 336 g/mol. The Hall–Kier alpha value is -1.19. The molecule has 0 heterocycles. The molecule has 0 spiro atoms. The minimum absolute atomic E-state index is 0.118. The van der Waals surface area contributed by atoms with E-state index in [1.165, 1.54) is 18.7 Å². The molecule has 0 saturated carbocycles. The highest BCUT2D eigenvalue weighted by atomic mass is 32.2. The van der Waals surface area contributed by atoms with Gasteiger partial charge in [0.25, 0.3) is 0 Å². The lowest BCUT2D eigenvalue weighted by molar-refractivity contribution is -0.387. The molecule has 0 amide bonds. The highest BCUT2D eigenvalue weighted by Gasteiger charge is 2.26. The average Bonchev–Trinajstić information content (AvgIpc) is 2.36. The van der Waals surface area contributed by atoms with Crippen LogP contribution in [0.4, 0.5) is 10.1 Å². The van der Waals surface area contributed by atoms with Gasteiger partial charge in [0.2, 0.25) is 15.8 Å². The van der Waals surface area contributed by atoms with Gasteiger partial charge < -0.3 is 0 Å². The maximum absolute atomic E-state index is 13.4. The van der Waals surface area contributed by atoms with E-state index in [1.807, 2.05) is 20.1 Å². The first-order chi connectivity index (χ1) is 9.50. The third-order valence-corrected chi connectivity index (χ3v) is 5.76. The molecule has 1 N–H and O–H groups in total. The summed E-state index contributed by atoms with van der Waals surface area (Å²) in [6.07, 6.45) is 1.85. The van der Waals surface area contributed by atoms with E-state index in [-0.39, 0.29) is 21.8 Å². The molecular formula is C12H17FN2O4S2. The number of nitro benzene ring substituents is 1. The molecule has 1 rings (SSSR count). The molecule has 1 aromatic rings.